The summed E-state index contributed by atoms with van der Waals surface area (Å²) in [4.78, 5) is 16.8. The molecule has 4 rings (SSSR count). The van der Waals surface area contributed by atoms with Crippen molar-refractivity contribution < 1.29 is 13.9 Å². The Labute approximate surface area is 163 Å². The van der Waals surface area contributed by atoms with Crippen LogP contribution >= 0.6 is 0 Å². The molecule has 0 spiro atoms. The van der Waals surface area contributed by atoms with Crippen LogP contribution in [0.3, 0.4) is 0 Å². The predicted octanol–water partition coefficient (Wildman–Crippen LogP) is 2.94. The molecule has 0 unspecified atom stereocenters. The van der Waals surface area contributed by atoms with Gasteiger partial charge in [-0.25, -0.2) is 4.39 Å². The second-order valence-corrected chi connectivity index (χ2v) is 6.99. The van der Waals surface area contributed by atoms with Gasteiger partial charge >= 0.3 is 0 Å². The van der Waals surface area contributed by atoms with Gasteiger partial charge < -0.3 is 15.4 Å². The second kappa shape index (κ2) is 7.48. The van der Waals surface area contributed by atoms with Crippen molar-refractivity contribution in [3.05, 3.63) is 83.6 Å². The molecule has 0 aliphatic carbocycles. The molecule has 1 atom stereocenters. The highest BCUT2D eigenvalue weighted by molar-refractivity contribution is 5.99. The monoisotopic (exact) mass is 379 g/mol. The molecule has 1 amide bonds. The Morgan fingerprint density at radius 3 is 2.75 bits per heavy atom. The molecule has 1 fully saturated rings. The van der Waals surface area contributed by atoms with Gasteiger partial charge in [0.15, 0.2) is 11.6 Å². The number of fused-ring (bicyclic) bond motifs is 1. The fourth-order valence-corrected chi connectivity index (χ4v) is 3.56. The number of carbonyl (C=O) groups excluding carboxylic acids is 1. The van der Waals surface area contributed by atoms with E-state index in [1.807, 2.05) is 30.5 Å². The van der Waals surface area contributed by atoms with Crippen molar-refractivity contribution in [1.29, 1.82) is 0 Å². The summed E-state index contributed by atoms with van der Waals surface area (Å²) >= 11 is 0. The highest BCUT2D eigenvalue weighted by atomic mass is 19.1. The molecule has 6 heteroatoms. The number of allylic oxidation sites excluding steroid dienone is 6. The number of hydrogen-bond donors (Lipinski definition) is 1. The lowest BCUT2D eigenvalue weighted by Gasteiger charge is -2.28. The van der Waals surface area contributed by atoms with Crippen LogP contribution in [0.5, 0.6) is 5.75 Å². The van der Waals surface area contributed by atoms with E-state index < -0.39 is 5.82 Å². The van der Waals surface area contributed by atoms with Gasteiger partial charge in [-0.3, -0.25) is 9.69 Å². The molecule has 1 aromatic carbocycles. The van der Waals surface area contributed by atoms with Gasteiger partial charge in [0.25, 0.3) is 5.91 Å². The largest absolute Gasteiger partial charge is 0.494 e. The molecule has 3 aliphatic heterocycles. The Balaban J connectivity index is 1.65. The van der Waals surface area contributed by atoms with Crippen LogP contribution in [-0.4, -0.2) is 41.9 Å². The predicted molar refractivity (Wildman–Crippen MR) is 106 cm³/mol. The van der Waals surface area contributed by atoms with Crippen LogP contribution in [0.4, 0.5) is 4.39 Å². The Hall–Kier alpha value is -3.12. The van der Waals surface area contributed by atoms with Crippen molar-refractivity contribution in [1.82, 2.24) is 9.80 Å². The maximum atomic E-state index is 14.1. The van der Waals surface area contributed by atoms with Gasteiger partial charge in [-0.15, -0.1) is 0 Å². The summed E-state index contributed by atoms with van der Waals surface area (Å²) in [6.45, 7) is 1.66. The minimum Gasteiger partial charge on any atom is -0.494 e. The van der Waals surface area contributed by atoms with E-state index in [0.29, 0.717) is 11.1 Å². The molecule has 5 nitrogen and oxygen atoms in total. The second-order valence-electron chi connectivity index (χ2n) is 6.99. The Bertz CT molecular complexity index is 959. The molecule has 28 heavy (non-hydrogen) atoms. The molecule has 0 saturated carbocycles. The van der Waals surface area contributed by atoms with Gasteiger partial charge in [0.05, 0.1) is 12.8 Å². The fourth-order valence-electron chi connectivity index (χ4n) is 3.56. The Morgan fingerprint density at radius 2 is 2.04 bits per heavy atom. The van der Waals surface area contributed by atoms with Crippen molar-refractivity contribution in [2.75, 3.05) is 20.2 Å². The maximum Gasteiger partial charge on any atom is 0.255 e. The molecule has 1 aromatic rings. The van der Waals surface area contributed by atoms with Crippen LogP contribution in [0.15, 0.2) is 72.2 Å². The van der Waals surface area contributed by atoms with Gasteiger partial charge in [-0.2, -0.15) is 0 Å². The first-order valence-electron chi connectivity index (χ1n) is 9.23. The molecular formula is C22H22FN3O2. The van der Waals surface area contributed by atoms with Gasteiger partial charge in [-0.05, 0) is 47.9 Å². The van der Waals surface area contributed by atoms with E-state index in [4.69, 9.17) is 10.5 Å². The number of amides is 1. The molecule has 144 valence electrons. The third kappa shape index (κ3) is 3.51. The zero-order valence-electron chi connectivity index (χ0n) is 15.6. The first-order valence-corrected chi connectivity index (χ1v) is 9.23. The van der Waals surface area contributed by atoms with E-state index in [9.17, 15) is 9.18 Å². The summed E-state index contributed by atoms with van der Waals surface area (Å²) < 4.78 is 19.1. The summed E-state index contributed by atoms with van der Waals surface area (Å²) in [6, 6.07) is 4.83. The van der Waals surface area contributed by atoms with E-state index in [0.717, 1.165) is 30.9 Å². The minimum atomic E-state index is -0.464. The molecule has 1 saturated heterocycles. The quantitative estimate of drug-likeness (QED) is 0.877. The number of methoxy groups -OCH3 is 1. The van der Waals surface area contributed by atoms with E-state index in [2.05, 4.69) is 4.90 Å². The number of carbonyl (C=O) groups is 1. The van der Waals surface area contributed by atoms with Gasteiger partial charge in [0.1, 0.15) is 0 Å². The smallest absolute Gasteiger partial charge is 0.255 e. The number of ether oxygens (including phenoxy) is 1. The van der Waals surface area contributed by atoms with Crippen LogP contribution < -0.4 is 10.5 Å². The average Bonchev–Trinajstić information content (AvgIpc) is 3.12. The number of nitrogens with zero attached hydrogens (tertiary/aromatic N) is 2. The summed E-state index contributed by atoms with van der Waals surface area (Å²) in [5.74, 6) is -0.481. The van der Waals surface area contributed by atoms with Crippen LogP contribution in [0.25, 0.3) is 5.57 Å². The number of hydrogen-bond acceptors (Lipinski definition) is 4. The molecular weight excluding hydrogens is 357 g/mol. The lowest BCUT2D eigenvalue weighted by molar-refractivity contribution is -0.122. The van der Waals surface area contributed by atoms with E-state index in [1.165, 1.54) is 19.3 Å². The molecule has 2 N–H and O–H groups in total. The first kappa shape index (κ1) is 18.3. The summed E-state index contributed by atoms with van der Waals surface area (Å²) in [5, 5.41) is 0. The Morgan fingerprint density at radius 1 is 1.21 bits per heavy atom. The third-order valence-electron chi connectivity index (χ3n) is 5.10. The van der Waals surface area contributed by atoms with Gasteiger partial charge in [-0.1, -0.05) is 18.2 Å². The van der Waals surface area contributed by atoms with E-state index in [-0.39, 0.29) is 17.7 Å². The SMILES string of the molecule is COc1ccc(C2=C\C(=O)N3C=C(N4CC[C@H](N)C4)C=C\C3=C/C=C/2)cc1F. The lowest BCUT2D eigenvalue weighted by Crippen LogP contribution is -2.31. The molecule has 0 radical (unpaired) electrons. The highest BCUT2D eigenvalue weighted by Gasteiger charge is 2.24. The van der Waals surface area contributed by atoms with Crippen molar-refractivity contribution >= 4 is 11.5 Å². The third-order valence-corrected chi connectivity index (χ3v) is 5.10. The van der Waals surface area contributed by atoms with Gasteiger partial charge in [0.2, 0.25) is 0 Å². The zero-order valence-corrected chi connectivity index (χ0v) is 15.6. The van der Waals surface area contributed by atoms with Crippen molar-refractivity contribution in [3.63, 3.8) is 0 Å². The number of nitrogens with two attached hydrogens (primary N) is 1. The topological polar surface area (TPSA) is 58.8 Å². The number of likely N-dealkylation sites (tertiary alicyclic amines) is 1. The molecule has 3 aliphatic rings. The number of benzene rings is 1. The van der Waals surface area contributed by atoms with E-state index >= 15 is 0 Å². The number of halogens is 1. The lowest BCUT2D eigenvalue weighted by atomic mass is 10.0. The standard InChI is InChI=1S/C22H22FN3O2/c1-28-21-8-5-16(11-20(21)23)15-3-2-4-18-6-7-19(14-26(18)22(27)12-15)25-10-9-17(24)13-25/h2-8,11-12,14,17H,9-10,13,24H2,1H3/b3-2+,15-12+,18-4+/t17-/m0/s1. The highest BCUT2D eigenvalue weighted by Crippen LogP contribution is 2.28. The normalized spacial score (nSPS) is 26.5. The number of rotatable bonds is 3. The molecule has 3 heterocycles. The van der Waals surface area contributed by atoms with Crippen LogP contribution in [0.1, 0.15) is 12.0 Å². The van der Waals surface area contributed by atoms with Crippen LogP contribution in [-0.2, 0) is 4.79 Å². The minimum absolute atomic E-state index is 0.161. The van der Waals surface area contributed by atoms with Crippen LogP contribution in [0.2, 0.25) is 0 Å². The average molecular weight is 379 g/mol. The zero-order chi connectivity index (χ0) is 19.7. The van der Waals surface area contributed by atoms with Crippen LogP contribution in [0, 0.1) is 5.82 Å². The van der Waals surface area contributed by atoms with E-state index in [1.54, 1.807) is 23.1 Å². The first-order chi connectivity index (χ1) is 13.5. The van der Waals surface area contributed by atoms with Gasteiger partial charge in [0, 0.05) is 37.1 Å². The maximum absolute atomic E-state index is 14.1. The van der Waals surface area contributed by atoms with Crippen molar-refractivity contribution in [2.45, 2.75) is 12.5 Å². The summed E-state index contributed by atoms with van der Waals surface area (Å²) in [7, 11) is 1.42. The Kier molecular flexibility index (Phi) is 4.88. The van der Waals surface area contributed by atoms with Crippen molar-refractivity contribution in [3.8, 4) is 5.75 Å². The summed E-state index contributed by atoms with van der Waals surface area (Å²) in [6.07, 6.45) is 13.8. The molecule has 0 aromatic heterocycles. The van der Waals surface area contributed by atoms with Crippen molar-refractivity contribution in [2.24, 2.45) is 5.73 Å². The fraction of sp³-hybridized carbons (Fsp3) is 0.227. The molecule has 0 bridgehead atoms. The summed E-state index contributed by atoms with van der Waals surface area (Å²) in [5.41, 5.74) is 9.00.